The molecule has 0 radical (unpaired) electrons. The summed E-state index contributed by atoms with van der Waals surface area (Å²) in [4.78, 5) is 1.11. The van der Waals surface area contributed by atoms with Gasteiger partial charge < -0.3 is 11.1 Å². The second-order valence-corrected chi connectivity index (χ2v) is 7.56. The number of thioether (sulfide) groups is 1. The third-order valence-electron chi connectivity index (χ3n) is 3.88. The molecule has 4 heteroatoms. The van der Waals surface area contributed by atoms with Crippen molar-refractivity contribution in [2.75, 3.05) is 0 Å². The number of thiocarbonyl (C=S) groups is 1. The van der Waals surface area contributed by atoms with Crippen LogP contribution in [-0.2, 0) is 0 Å². The Morgan fingerprint density at radius 2 is 1.48 bits per heavy atom. The Morgan fingerprint density at radius 1 is 0.880 bits per heavy atom. The minimum Gasteiger partial charge on any atom is -0.352 e. The summed E-state index contributed by atoms with van der Waals surface area (Å²) in [6, 6.07) is 26.8. The average molecular weight is 365 g/mol. The number of hydrogen-bond donors (Lipinski definition) is 2. The lowest BCUT2D eigenvalue weighted by molar-refractivity contribution is 0.693. The van der Waals surface area contributed by atoms with Crippen molar-refractivity contribution in [2.24, 2.45) is 5.73 Å². The van der Waals surface area contributed by atoms with E-state index >= 15 is 0 Å². The fraction of sp³-hybridized carbons (Fsp3) is 0.0952. The molecule has 0 aliphatic rings. The minimum absolute atomic E-state index is 0.324. The van der Waals surface area contributed by atoms with Crippen molar-refractivity contribution in [1.82, 2.24) is 5.32 Å². The third-order valence-corrected chi connectivity index (χ3v) is 5.06. The summed E-state index contributed by atoms with van der Waals surface area (Å²) in [5, 5.41) is 3.19. The fourth-order valence-corrected chi connectivity index (χ4v) is 3.55. The summed E-state index contributed by atoms with van der Waals surface area (Å²) in [6.45, 7) is 2.07. The Balaban J connectivity index is 1.61. The van der Waals surface area contributed by atoms with Crippen LogP contribution in [-0.4, -0.2) is 4.32 Å². The van der Waals surface area contributed by atoms with E-state index in [1.54, 1.807) is 0 Å². The molecule has 0 saturated heterocycles. The summed E-state index contributed by atoms with van der Waals surface area (Å²) in [5.41, 5.74) is 10.9. The maximum Gasteiger partial charge on any atom is 0.140 e. The second-order valence-electron chi connectivity index (χ2n) is 5.81. The van der Waals surface area contributed by atoms with E-state index in [1.165, 1.54) is 28.5 Å². The van der Waals surface area contributed by atoms with Crippen molar-refractivity contribution >= 4 is 28.3 Å². The lowest BCUT2D eigenvalue weighted by Gasteiger charge is -2.16. The van der Waals surface area contributed by atoms with Gasteiger partial charge >= 0.3 is 0 Å². The van der Waals surface area contributed by atoms with Gasteiger partial charge in [0.2, 0.25) is 0 Å². The van der Waals surface area contributed by atoms with Gasteiger partial charge in [-0.2, -0.15) is 0 Å². The van der Waals surface area contributed by atoms with Gasteiger partial charge in [0, 0.05) is 4.90 Å². The van der Waals surface area contributed by atoms with Gasteiger partial charge in [0.25, 0.3) is 0 Å². The van der Waals surface area contributed by atoms with Crippen LogP contribution in [0.5, 0.6) is 0 Å². The minimum atomic E-state index is -0.324. The Bertz CT molecular complexity index is 828. The molecule has 3 rings (SSSR count). The standard InChI is InChI=1S/C21H20N2S2/c1-15-7-13-19(14-8-15)25-21(24)23-20(22)18-11-9-17(10-12-18)16-5-3-2-4-6-16/h2-14,20H,22H2,1H3,(H,23,24). The van der Waals surface area contributed by atoms with Gasteiger partial charge in [-0.3, -0.25) is 0 Å². The largest absolute Gasteiger partial charge is 0.352 e. The first-order valence-electron chi connectivity index (χ1n) is 8.08. The maximum atomic E-state index is 6.25. The first kappa shape index (κ1) is 17.7. The molecule has 1 atom stereocenters. The average Bonchev–Trinajstić information content (AvgIpc) is 2.64. The predicted octanol–water partition coefficient (Wildman–Crippen LogP) is 5.29. The Labute approximate surface area is 158 Å². The van der Waals surface area contributed by atoms with Gasteiger partial charge in [0.15, 0.2) is 0 Å². The molecule has 0 aliphatic carbocycles. The number of nitrogens with one attached hydrogen (secondary N) is 1. The molecule has 0 aromatic heterocycles. The van der Waals surface area contributed by atoms with Gasteiger partial charge in [-0.15, -0.1) is 0 Å². The Hall–Kier alpha value is -2.14. The van der Waals surface area contributed by atoms with Crippen molar-refractivity contribution in [3.05, 3.63) is 90.0 Å². The van der Waals surface area contributed by atoms with E-state index in [1.807, 2.05) is 30.3 Å². The van der Waals surface area contributed by atoms with Crippen LogP contribution in [0.3, 0.4) is 0 Å². The molecular weight excluding hydrogens is 344 g/mol. The van der Waals surface area contributed by atoms with Gasteiger partial charge in [-0.1, -0.05) is 96.3 Å². The molecule has 3 aromatic rings. The van der Waals surface area contributed by atoms with E-state index in [0.29, 0.717) is 4.32 Å². The zero-order chi connectivity index (χ0) is 17.6. The first-order chi connectivity index (χ1) is 12.1. The van der Waals surface area contributed by atoms with Gasteiger partial charge in [0.05, 0.1) is 0 Å². The molecule has 126 valence electrons. The first-order valence-corrected chi connectivity index (χ1v) is 9.30. The molecule has 1 unspecified atom stereocenters. The number of benzene rings is 3. The monoisotopic (exact) mass is 364 g/mol. The van der Waals surface area contributed by atoms with Crippen molar-refractivity contribution in [3.63, 3.8) is 0 Å². The normalized spacial score (nSPS) is 11.8. The van der Waals surface area contributed by atoms with Gasteiger partial charge in [0.1, 0.15) is 10.5 Å². The zero-order valence-corrected chi connectivity index (χ0v) is 15.6. The van der Waals surface area contributed by atoms with Gasteiger partial charge in [-0.05, 0) is 35.7 Å². The van der Waals surface area contributed by atoms with E-state index in [2.05, 4.69) is 60.8 Å². The van der Waals surface area contributed by atoms with Gasteiger partial charge in [-0.25, -0.2) is 0 Å². The number of rotatable bonds is 4. The van der Waals surface area contributed by atoms with E-state index in [0.717, 1.165) is 10.5 Å². The SMILES string of the molecule is Cc1ccc(SC(=S)NC(N)c2ccc(-c3ccccc3)cc2)cc1. The van der Waals surface area contributed by atoms with Crippen LogP contribution in [0.4, 0.5) is 0 Å². The number of nitrogens with two attached hydrogens (primary N) is 1. The molecule has 3 N–H and O–H groups in total. The molecule has 2 nitrogen and oxygen atoms in total. The van der Waals surface area contributed by atoms with E-state index < -0.39 is 0 Å². The van der Waals surface area contributed by atoms with Crippen molar-refractivity contribution in [1.29, 1.82) is 0 Å². The molecule has 0 bridgehead atoms. The smallest absolute Gasteiger partial charge is 0.140 e. The predicted molar refractivity (Wildman–Crippen MR) is 112 cm³/mol. The molecule has 0 heterocycles. The summed E-state index contributed by atoms with van der Waals surface area (Å²) >= 11 is 6.93. The van der Waals surface area contributed by atoms with Crippen molar-refractivity contribution in [3.8, 4) is 11.1 Å². The molecule has 0 amide bonds. The number of aryl methyl sites for hydroxylation is 1. The van der Waals surface area contributed by atoms with Crippen molar-refractivity contribution in [2.45, 2.75) is 18.0 Å². The van der Waals surface area contributed by atoms with E-state index in [-0.39, 0.29) is 6.17 Å². The van der Waals surface area contributed by atoms with E-state index in [9.17, 15) is 0 Å². The van der Waals surface area contributed by atoms with Crippen LogP contribution in [0.2, 0.25) is 0 Å². The van der Waals surface area contributed by atoms with Crippen LogP contribution in [0.15, 0.2) is 83.8 Å². The highest BCUT2D eigenvalue weighted by Gasteiger charge is 2.09. The topological polar surface area (TPSA) is 38.0 Å². The Kier molecular flexibility index (Phi) is 5.87. The fourth-order valence-electron chi connectivity index (χ4n) is 2.47. The van der Waals surface area contributed by atoms with E-state index in [4.69, 9.17) is 18.0 Å². The van der Waals surface area contributed by atoms with Crippen molar-refractivity contribution < 1.29 is 0 Å². The van der Waals surface area contributed by atoms with Crippen LogP contribution >= 0.6 is 24.0 Å². The lowest BCUT2D eigenvalue weighted by atomic mass is 10.0. The second kappa shape index (κ2) is 8.30. The van der Waals surface area contributed by atoms with Crippen LogP contribution in [0.25, 0.3) is 11.1 Å². The maximum absolute atomic E-state index is 6.25. The lowest BCUT2D eigenvalue weighted by Crippen LogP contribution is -2.31. The van der Waals surface area contributed by atoms with Crippen LogP contribution in [0, 0.1) is 6.92 Å². The highest BCUT2D eigenvalue weighted by molar-refractivity contribution is 8.23. The molecule has 0 saturated carbocycles. The summed E-state index contributed by atoms with van der Waals surface area (Å²) in [6.07, 6.45) is -0.324. The number of hydrogen-bond acceptors (Lipinski definition) is 3. The quantitative estimate of drug-likeness (QED) is 0.375. The highest BCUT2D eigenvalue weighted by atomic mass is 32.2. The summed E-state index contributed by atoms with van der Waals surface area (Å²) in [7, 11) is 0. The Morgan fingerprint density at radius 3 is 2.12 bits per heavy atom. The molecule has 25 heavy (non-hydrogen) atoms. The summed E-state index contributed by atoms with van der Waals surface area (Å²) < 4.78 is 0.670. The van der Waals surface area contributed by atoms with Crippen LogP contribution in [0.1, 0.15) is 17.3 Å². The highest BCUT2D eigenvalue weighted by Crippen LogP contribution is 2.23. The summed E-state index contributed by atoms with van der Waals surface area (Å²) in [5.74, 6) is 0. The molecular formula is C21H20N2S2. The zero-order valence-electron chi connectivity index (χ0n) is 14.0. The van der Waals surface area contributed by atoms with Crippen LogP contribution < -0.4 is 11.1 Å². The molecule has 0 spiro atoms. The molecule has 3 aromatic carbocycles. The molecule has 0 fully saturated rings. The molecule has 0 aliphatic heterocycles. The third kappa shape index (κ3) is 4.92.